The topological polar surface area (TPSA) is 40.9 Å². The van der Waals surface area contributed by atoms with Crippen molar-refractivity contribution in [2.75, 3.05) is 32.7 Å². The van der Waals surface area contributed by atoms with Crippen LogP contribution in [0.4, 0.5) is 0 Å². The zero-order chi connectivity index (χ0) is 18.1. The summed E-state index contributed by atoms with van der Waals surface area (Å²) in [6, 6.07) is 0. The number of piperidine rings is 2. The van der Waals surface area contributed by atoms with Gasteiger partial charge in [0.1, 0.15) is 10.7 Å². The van der Waals surface area contributed by atoms with Crippen LogP contribution in [0.1, 0.15) is 57.0 Å². The Hall–Kier alpha value is -1.40. The van der Waals surface area contributed by atoms with Crippen molar-refractivity contribution in [3.05, 3.63) is 23.1 Å². The summed E-state index contributed by atoms with van der Waals surface area (Å²) in [6.45, 7) is 9.30. The molecular weight excluding hydrogens is 344 g/mol. The van der Waals surface area contributed by atoms with Crippen LogP contribution in [0.5, 0.6) is 0 Å². The molecule has 0 spiro atoms. The molecule has 0 aromatic carbocycles. The fourth-order valence-corrected chi connectivity index (χ4v) is 5.62. The maximum atomic E-state index is 12.9. The van der Waals surface area contributed by atoms with Gasteiger partial charge in [-0.15, -0.1) is 11.3 Å². The van der Waals surface area contributed by atoms with Gasteiger partial charge in [0.25, 0.3) is 0 Å². The lowest BCUT2D eigenvalue weighted by Crippen LogP contribution is -2.48. The maximum Gasteiger partial charge on any atom is 0.223 e. The number of likely N-dealkylation sites (tertiary alicyclic amines) is 2. The van der Waals surface area contributed by atoms with E-state index in [0.717, 1.165) is 51.4 Å². The number of fused-ring (bicyclic) bond motifs is 1. The molecular formula is C20H30N4OS. The molecule has 142 valence electrons. The number of rotatable bonds is 4. The molecule has 1 amide bonds. The molecule has 2 aromatic heterocycles. The number of hydrogen-bond acceptors (Lipinski definition) is 4. The average Bonchev–Trinajstić information content (AvgIpc) is 3.25. The molecule has 0 aliphatic carbocycles. The number of aromatic nitrogens is 2. The van der Waals surface area contributed by atoms with E-state index >= 15 is 0 Å². The monoisotopic (exact) mass is 374 g/mol. The minimum absolute atomic E-state index is 0.0383. The van der Waals surface area contributed by atoms with Crippen molar-refractivity contribution in [1.29, 1.82) is 0 Å². The van der Waals surface area contributed by atoms with Crippen LogP contribution < -0.4 is 0 Å². The minimum Gasteiger partial charge on any atom is -0.342 e. The summed E-state index contributed by atoms with van der Waals surface area (Å²) in [5, 5.41) is 2.13. The molecule has 1 unspecified atom stereocenters. The molecule has 2 aliphatic heterocycles. The summed E-state index contributed by atoms with van der Waals surface area (Å²) in [5.74, 6) is 1.37. The van der Waals surface area contributed by atoms with E-state index in [1.165, 1.54) is 29.8 Å². The molecule has 2 aliphatic rings. The molecule has 0 bridgehead atoms. The van der Waals surface area contributed by atoms with Gasteiger partial charge in [0.15, 0.2) is 0 Å². The van der Waals surface area contributed by atoms with Gasteiger partial charge in [0, 0.05) is 43.0 Å². The van der Waals surface area contributed by atoms with Crippen molar-refractivity contribution in [3.63, 3.8) is 0 Å². The van der Waals surface area contributed by atoms with E-state index in [1.807, 2.05) is 0 Å². The van der Waals surface area contributed by atoms with Gasteiger partial charge >= 0.3 is 0 Å². The predicted octanol–water partition coefficient (Wildman–Crippen LogP) is 3.46. The quantitative estimate of drug-likeness (QED) is 0.823. The third kappa shape index (κ3) is 3.41. The molecule has 26 heavy (non-hydrogen) atoms. The normalized spacial score (nSPS) is 25.1. The summed E-state index contributed by atoms with van der Waals surface area (Å²) in [5.41, 5.74) is 1.14. The first-order valence-electron chi connectivity index (χ1n) is 10.00. The molecule has 0 N–H and O–H groups in total. The summed E-state index contributed by atoms with van der Waals surface area (Å²) < 4.78 is 2.18. The third-order valence-corrected chi connectivity index (χ3v) is 7.02. The van der Waals surface area contributed by atoms with Gasteiger partial charge in [-0.25, -0.2) is 4.98 Å². The van der Waals surface area contributed by atoms with Crippen LogP contribution in [-0.2, 0) is 10.2 Å². The number of carbonyl (C=O) groups excluding carboxylic acids is 1. The number of imidazole rings is 1. The van der Waals surface area contributed by atoms with Gasteiger partial charge in [-0.05, 0) is 45.7 Å². The molecule has 2 fully saturated rings. The second-order valence-electron chi connectivity index (χ2n) is 8.22. The Morgan fingerprint density at radius 1 is 1.23 bits per heavy atom. The van der Waals surface area contributed by atoms with Crippen LogP contribution in [0.3, 0.4) is 0 Å². The van der Waals surface area contributed by atoms with Crippen molar-refractivity contribution >= 4 is 22.1 Å². The van der Waals surface area contributed by atoms with Gasteiger partial charge < -0.3 is 9.80 Å². The average molecular weight is 375 g/mol. The van der Waals surface area contributed by atoms with Gasteiger partial charge in [0.05, 0.1) is 5.69 Å². The van der Waals surface area contributed by atoms with E-state index in [2.05, 4.69) is 39.6 Å². The van der Waals surface area contributed by atoms with Crippen LogP contribution in [0.2, 0.25) is 0 Å². The van der Waals surface area contributed by atoms with E-state index in [-0.39, 0.29) is 5.41 Å². The summed E-state index contributed by atoms with van der Waals surface area (Å²) in [7, 11) is 0. The molecule has 2 saturated heterocycles. The van der Waals surface area contributed by atoms with Gasteiger partial charge in [0.2, 0.25) is 5.91 Å². The zero-order valence-electron chi connectivity index (χ0n) is 16.0. The highest BCUT2D eigenvalue weighted by atomic mass is 32.1. The highest BCUT2D eigenvalue weighted by Gasteiger charge is 2.38. The molecule has 1 atom stereocenters. The fraction of sp³-hybridized carbons (Fsp3) is 0.700. The Labute approximate surface area is 160 Å². The van der Waals surface area contributed by atoms with Crippen LogP contribution in [0.25, 0.3) is 4.83 Å². The second-order valence-corrected chi connectivity index (χ2v) is 9.11. The number of carbonyl (C=O) groups is 1. The van der Waals surface area contributed by atoms with Crippen molar-refractivity contribution in [2.45, 2.75) is 57.8 Å². The largest absolute Gasteiger partial charge is 0.342 e. The molecule has 0 saturated carbocycles. The molecule has 5 nitrogen and oxygen atoms in total. The van der Waals surface area contributed by atoms with E-state index in [9.17, 15) is 4.79 Å². The van der Waals surface area contributed by atoms with Crippen molar-refractivity contribution in [2.24, 2.45) is 0 Å². The first-order chi connectivity index (χ1) is 12.6. The van der Waals surface area contributed by atoms with Gasteiger partial charge in [-0.1, -0.05) is 13.3 Å². The van der Waals surface area contributed by atoms with E-state index in [0.29, 0.717) is 12.3 Å². The predicted molar refractivity (Wildman–Crippen MR) is 106 cm³/mol. The number of nitrogens with zero attached hydrogens (tertiary/aromatic N) is 4. The Morgan fingerprint density at radius 3 is 2.85 bits per heavy atom. The molecule has 4 heterocycles. The summed E-state index contributed by atoms with van der Waals surface area (Å²) in [6.07, 6.45) is 8.84. The van der Waals surface area contributed by atoms with E-state index in [4.69, 9.17) is 4.98 Å². The number of amides is 1. The summed E-state index contributed by atoms with van der Waals surface area (Å²) in [4.78, 5) is 23.5. The van der Waals surface area contributed by atoms with Crippen molar-refractivity contribution < 1.29 is 4.79 Å². The fourth-order valence-electron chi connectivity index (χ4n) is 4.60. The zero-order valence-corrected chi connectivity index (χ0v) is 16.9. The SMILES string of the molecule is Cc1nc(C2(C)CCCN(C(=O)CCN3CCCCC3)C2)c2sccn12. The van der Waals surface area contributed by atoms with Crippen LogP contribution in [0, 0.1) is 6.92 Å². The first-order valence-corrected chi connectivity index (χ1v) is 10.9. The van der Waals surface area contributed by atoms with E-state index in [1.54, 1.807) is 11.3 Å². The highest BCUT2D eigenvalue weighted by molar-refractivity contribution is 7.15. The van der Waals surface area contributed by atoms with Crippen LogP contribution in [-0.4, -0.2) is 57.8 Å². The highest BCUT2D eigenvalue weighted by Crippen LogP contribution is 2.37. The van der Waals surface area contributed by atoms with Crippen molar-refractivity contribution in [3.8, 4) is 0 Å². The smallest absolute Gasteiger partial charge is 0.223 e. The Bertz CT molecular complexity index is 776. The lowest BCUT2D eigenvalue weighted by molar-refractivity contribution is -0.133. The standard InChI is InChI=1S/C20H30N4OS/c1-16-21-18(19-24(16)13-14-26-19)20(2)8-6-11-23(15-20)17(25)7-12-22-9-4-3-5-10-22/h13-14H,3-12,15H2,1-2H3. The lowest BCUT2D eigenvalue weighted by Gasteiger charge is -2.40. The maximum absolute atomic E-state index is 12.9. The third-order valence-electron chi connectivity index (χ3n) is 6.14. The van der Waals surface area contributed by atoms with Crippen LogP contribution in [0.15, 0.2) is 11.6 Å². The number of aryl methyl sites for hydroxylation is 1. The molecule has 0 radical (unpaired) electrons. The lowest BCUT2D eigenvalue weighted by atomic mass is 9.79. The second kappa shape index (κ2) is 7.31. The first kappa shape index (κ1) is 18.0. The van der Waals surface area contributed by atoms with Crippen molar-refractivity contribution in [1.82, 2.24) is 19.2 Å². The Morgan fingerprint density at radius 2 is 2.04 bits per heavy atom. The summed E-state index contributed by atoms with van der Waals surface area (Å²) >= 11 is 1.76. The van der Waals surface area contributed by atoms with Gasteiger partial charge in [-0.3, -0.25) is 9.20 Å². The minimum atomic E-state index is -0.0383. The van der Waals surface area contributed by atoms with Gasteiger partial charge in [-0.2, -0.15) is 0 Å². The molecule has 2 aromatic rings. The Balaban J connectivity index is 1.44. The van der Waals surface area contributed by atoms with E-state index < -0.39 is 0 Å². The Kier molecular flexibility index (Phi) is 5.06. The van der Waals surface area contributed by atoms with Crippen LogP contribution >= 0.6 is 11.3 Å². The number of thiazole rings is 1. The molecule has 4 rings (SSSR count). The molecule has 6 heteroatoms. The number of hydrogen-bond donors (Lipinski definition) is 0.